The zero-order chi connectivity index (χ0) is 18.5. The molecule has 1 atom stereocenters. The first kappa shape index (κ1) is 16.6. The van der Waals surface area contributed by atoms with Crippen LogP contribution in [0.3, 0.4) is 0 Å². The van der Waals surface area contributed by atoms with Gasteiger partial charge in [-0.15, -0.1) is 11.3 Å². The monoisotopic (exact) mass is 372 g/mol. The standard InChI is InChI=1S/C18H16N2O5S/c1-10-3-6-15(26-10)12(21)8-20-16(22)18(2,19-17(20)23)11-4-5-13-14(7-11)25-9-24-13/h3-7H,8-9H2,1-2H3,(H,19,23)/t18-/m0/s1. The first-order valence-corrected chi connectivity index (χ1v) is 8.84. The molecule has 8 heteroatoms. The quantitative estimate of drug-likeness (QED) is 0.658. The molecular weight excluding hydrogens is 356 g/mol. The van der Waals surface area contributed by atoms with Gasteiger partial charge in [-0.05, 0) is 43.7 Å². The average molecular weight is 372 g/mol. The molecule has 2 aliphatic heterocycles. The Labute approximate surface area is 153 Å². The molecule has 0 saturated carbocycles. The van der Waals surface area contributed by atoms with Gasteiger partial charge in [0.05, 0.1) is 11.4 Å². The second-order valence-electron chi connectivity index (χ2n) is 6.35. The molecule has 2 aliphatic rings. The second kappa shape index (κ2) is 5.84. The summed E-state index contributed by atoms with van der Waals surface area (Å²) < 4.78 is 10.6. The molecule has 1 aromatic carbocycles. The number of nitrogens with one attached hydrogen (secondary N) is 1. The van der Waals surface area contributed by atoms with Crippen LogP contribution < -0.4 is 14.8 Å². The molecule has 26 heavy (non-hydrogen) atoms. The number of rotatable bonds is 4. The predicted octanol–water partition coefficient (Wildman–Crippen LogP) is 2.44. The number of urea groups is 1. The van der Waals surface area contributed by atoms with Crippen molar-refractivity contribution >= 4 is 29.1 Å². The number of ether oxygens (including phenoxy) is 2. The third-order valence-corrected chi connectivity index (χ3v) is 5.58. The van der Waals surface area contributed by atoms with E-state index in [1.807, 2.05) is 13.0 Å². The first-order chi connectivity index (χ1) is 12.4. The lowest BCUT2D eigenvalue weighted by molar-refractivity contribution is -0.130. The highest BCUT2D eigenvalue weighted by Crippen LogP contribution is 2.37. The topological polar surface area (TPSA) is 84.9 Å². The van der Waals surface area contributed by atoms with Crippen LogP contribution in [-0.2, 0) is 10.3 Å². The number of imide groups is 1. The number of hydrogen-bond donors (Lipinski definition) is 1. The van der Waals surface area contributed by atoms with Gasteiger partial charge < -0.3 is 14.8 Å². The van der Waals surface area contributed by atoms with Crippen molar-refractivity contribution in [3.05, 3.63) is 45.6 Å². The maximum Gasteiger partial charge on any atom is 0.325 e. The number of aryl methyl sites for hydroxylation is 1. The van der Waals surface area contributed by atoms with E-state index in [0.717, 1.165) is 9.78 Å². The lowest BCUT2D eigenvalue weighted by atomic mass is 9.91. The van der Waals surface area contributed by atoms with Gasteiger partial charge in [-0.1, -0.05) is 6.07 Å². The van der Waals surface area contributed by atoms with Crippen molar-refractivity contribution in [2.24, 2.45) is 0 Å². The number of amides is 3. The zero-order valence-corrected chi connectivity index (χ0v) is 15.0. The lowest BCUT2D eigenvalue weighted by Gasteiger charge is -2.22. The molecule has 0 radical (unpaired) electrons. The molecule has 1 saturated heterocycles. The van der Waals surface area contributed by atoms with Crippen LogP contribution in [0.25, 0.3) is 0 Å². The molecule has 2 aromatic rings. The van der Waals surface area contributed by atoms with Gasteiger partial charge in [0, 0.05) is 4.88 Å². The van der Waals surface area contributed by atoms with Gasteiger partial charge in [0.2, 0.25) is 6.79 Å². The summed E-state index contributed by atoms with van der Waals surface area (Å²) in [7, 11) is 0. The molecule has 7 nitrogen and oxygen atoms in total. The maximum atomic E-state index is 12.9. The van der Waals surface area contributed by atoms with Gasteiger partial charge in [0.15, 0.2) is 17.3 Å². The molecule has 3 heterocycles. The Morgan fingerprint density at radius 2 is 2.00 bits per heavy atom. The lowest BCUT2D eigenvalue weighted by Crippen LogP contribution is -2.41. The van der Waals surface area contributed by atoms with Crippen molar-refractivity contribution in [1.29, 1.82) is 0 Å². The van der Waals surface area contributed by atoms with Gasteiger partial charge in [0.1, 0.15) is 5.54 Å². The van der Waals surface area contributed by atoms with E-state index >= 15 is 0 Å². The Kier molecular flexibility index (Phi) is 3.73. The van der Waals surface area contributed by atoms with Gasteiger partial charge in [-0.2, -0.15) is 0 Å². The number of fused-ring (bicyclic) bond motifs is 1. The van der Waals surface area contributed by atoms with Gasteiger partial charge in [-0.3, -0.25) is 14.5 Å². The van der Waals surface area contributed by atoms with Crippen LogP contribution in [-0.4, -0.2) is 36.0 Å². The second-order valence-corrected chi connectivity index (χ2v) is 7.64. The number of benzene rings is 1. The van der Waals surface area contributed by atoms with Crippen LogP contribution in [0, 0.1) is 6.92 Å². The summed E-state index contributed by atoms with van der Waals surface area (Å²) in [5, 5.41) is 2.69. The minimum Gasteiger partial charge on any atom is -0.454 e. The Balaban J connectivity index is 1.59. The van der Waals surface area contributed by atoms with Gasteiger partial charge in [0.25, 0.3) is 5.91 Å². The summed E-state index contributed by atoms with van der Waals surface area (Å²) in [6.07, 6.45) is 0. The van der Waals surface area contributed by atoms with Crippen molar-refractivity contribution in [3.8, 4) is 11.5 Å². The van der Waals surface area contributed by atoms with Gasteiger partial charge in [-0.25, -0.2) is 4.79 Å². The fourth-order valence-electron chi connectivity index (χ4n) is 3.05. The van der Waals surface area contributed by atoms with Crippen LogP contribution in [0.15, 0.2) is 30.3 Å². The Hall–Kier alpha value is -2.87. The van der Waals surface area contributed by atoms with E-state index in [-0.39, 0.29) is 19.1 Å². The molecule has 1 N–H and O–H groups in total. The largest absolute Gasteiger partial charge is 0.454 e. The highest BCUT2D eigenvalue weighted by Gasteiger charge is 2.49. The smallest absolute Gasteiger partial charge is 0.325 e. The molecule has 4 rings (SSSR count). The summed E-state index contributed by atoms with van der Waals surface area (Å²) in [5.41, 5.74) is -0.689. The zero-order valence-electron chi connectivity index (χ0n) is 14.2. The van der Waals surface area contributed by atoms with E-state index < -0.39 is 17.5 Å². The van der Waals surface area contributed by atoms with E-state index in [0.29, 0.717) is 21.9 Å². The molecule has 0 spiro atoms. The van der Waals surface area contributed by atoms with Crippen molar-refractivity contribution < 1.29 is 23.9 Å². The van der Waals surface area contributed by atoms with Crippen molar-refractivity contribution in [3.63, 3.8) is 0 Å². The van der Waals surface area contributed by atoms with E-state index in [4.69, 9.17) is 9.47 Å². The summed E-state index contributed by atoms with van der Waals surface area (Å²) in [6, 6.07) is 8.04. The number of Topliss-reactive ketones (excluding diaryl/α,β-unsaturated/α-hetero) is 1. The normalized spacial score (nSPS) is 21.2. The van der Waals surface area contributed by atoms with E-state index in [1.54, 1.807) is 31.2 Å². The third-order valence-electron chi connectivity index (χ3n) is 4.54. The number of ketones is 1. The number of thiophene rings is 1. The summed E-state index contributed by atoms with van der Waals surface area (Å²) in [6.45, 7) is 3.35. The van der Waals surface area contributed by atoms with E-state index in [2.05, 4.69) is 5.32 Å². The molecular formula is C18H16N2O5S. The highest BCUT2D eigenvalue weighted by molar-refractivity contribution is 7.14. The number of carbonyl (C=O) groups is 3. The Bertz CT molecular complexity index is 937. The highest BCUT2D eigenvalue weighted by atomic mass is 32.1. The molecule has 0 bridgehead atoms. The Morgan fingerprint density at radius 1 is 1.23 bits per heavy atom. The minimum absolute atomic E-state index is 0.122. The molecule has 0 unspecified atom stereocenters. The Morgan fingerprint density at radius 3 is 2.73 bits per heavy atom. The SMILES string of the molecule is Cc1ccc(C(=O)CN2C(=O)N[C@@](C)(c3ccc4c(c3)OCO4)C2=O)s1. The van der Waals surface area contributed by atoms with Gasteiger partial charge >= 0.3 is 6.03 Å². The molecule has 3 amide bonds. The fourth-order valence-corrected chi connectivity index (χ4v) is 3.85. The molecule has 1 fully saturated rings. The predicted molar refractivity (Wildman–Crippen MR) is 93.5 cm³/mol. The van der Waals surface area contributed by atoms with E-state index in [1.165, 1.54) is 11.3 Å². The molecule has 134 valence electrons. The van der Waals surface area contributed by atoms with Crippen molar-refractivity contribution in [2.75, 3.05) is 13.3 Å². The first-order valence-electron chi connectivity index (χ1n) is 8.02. The van der Waals surface area contributed by atoms with Crippen LogP contribution in [0.5, 0.6) is 11.5 Å². The summed E-state index contributed by atoms with van der Waals surface area (Å²) >= 11 is 1.34. The number of hydrogen-bond acceptors (Lipinski definition) is 6. The number of nitrogens with zero attached hydrogens (tertiary/aromatic N) is 1. The van der Waals surface area contributed by atoms with Crippen LogP contribution in [0.1, 0.15) is 27.0 Å². The van der Waals surface area contributed by atoms with Crippen molar-refractivity contribution in [1.82, 2.24) is 10.2 Å². The average Bonchev–Trinajstić information content (AvgIpc) is 3.30. The summed E-state index contributed by atoms with van der Waals surface area (Å²) in [5.74, 6) is 0.383. The van der Waals surface area contributed by atoms with Crippen molar-refractivity contribution in [2.45, 2.75) is 19.4 Å². The molecule has 1 aromatic heterocycles. The fraction of sp³-hybridized carbons (Fsp3) is 0.278. The van der Waals surface area contributed by atoms with Crippen LogP contribution in [0.4, 0.5) is 4.79 Å². The third kappa shape index (κ3) is 2.53. The molecule has 0 aliphatic carbocycles. The summed E-state index contributed by atoms with van der Waals surface area (Å²) in [4.78, 5) is 40.2. The van der Waals surface area contributed by atoms with Crippen LogP contribution in [0.2, 0.25) is 0 Å². The maximum absolute atomic E-state index is 12.9. The van der Waals surface area contributed by atoms with Crippen LogP contribution >= 0.6 is 11.3 Å². The minimum atomic E-state index is -1.26. The van der Waals surface area contributed by atoms with E-state index in [9.17, 15) is 14.4 Å². The number of carbonyl (C=O) groups excluding carboxylic acids is 3.